The molecule has 4 heteroatoms. The number of fused-ring (bicyclic) bond motifs is 1. The lowest BCUT2D eigenvalue weighted by Crippen LogP contribution is -2.33. The Kier molecular flexibility index (Phi) is 8.68. The first-order chi connectivity index (χ1) is 16.8. The maximum absolute atomic E-state index is 6.10. The highest BCUT2D eigenvalue weighted by molar-refractivity contribution is 5.87. The summed E-state index contributed by atoms with van der Waals surface area (Å²) in [6.45, 7) is 4.16. The second-order valence-corrected chi connectivity index (χ2v) is 9.09. The van der Waals surface area contributed by atoms with Crippen molar-refractivity contribution in [3.8, 4) is 11.5 Å². The minimum absolute atomic E-state index is 0. The van der Waals surface area contributed by atoms with E-state index in [-0.39, 0.29) is 18.3 Å². The lowest BCUT2D eigenvalue weighted by atomic mass is 9.83. The van der Waals surface area contributed by atoms with Crippen LogP contribution in [0.5, 0.6) is 11.5 Å². The summed E-state index contributed by atoms with van der Waals surface area (Å²) in [5.41, 5.74) is 3.81. The quantitative estimate of drug-likeness (QED) is 0.243. The van der Waals surface area contributed by atoms with E-state index < -0.39 is 0 Å². The molecular formula is C31H34ClNO2. The van der Waals surface area contributed by atoms with Gasteiger partial charge in [0.15, 0.2) is 0 Å². The molecule has 0 aliphatic carbocycles. The van der Waals surface area contributed by atoms with Crippen molar-refractivity contribution in [2.45, 2.75) is 25.2 Å². The second-order valence-electron chi connectivity index (χ2n) is 9.09. The van der Waals surface area contributed by atoms with Crippen molar-refractivity contribution < 1.29 is 9.47 Å². The third-order valence-electron chi connectivity index (χ3n) is 6.92. The molecule has 1 aliphatic rings. The topological polar surface area (TPSA) is 21.7 Å². The maximum Gasteiger partial charge on any atom is 0.119 e. The predicted molar refractivity (Wildman–Crippen MR) is 147 cm³/mol. The number of benzene rings is 4. The SMILES string of the molecule is COc1ccc(C(c2ccc(OCCN3CCCCC3)cc2)c2cccc3ccccc23)cc1.Cl. The molecule has 4 aromatic rings. The number of hydrogen-bond donors (Lipinski definition) is 0. The molecular weight excluding hydrogens is 454 g/mol. The molecule has 1 atom stereocenters. The lowest BCUT2D eigenvalue weighted by molar-refractivity contribution is 0.183. The van der Waals surface area contributed by atoms with Crippen LogP contribution in [0.4, 0.5) is 0 Å². The predicted octanol–water partition coefficient (Wildman–Crippen LogP) is 7.32. The molecule has 35 heavy (non-hydrogen) atoms. The molecule has 3 nitrogen and oxygen atoms in total. The smallest absolute Gasteiger partial charge is 0.119 e. The van der Waals surface area contributed by atoms with Gasteiger partial charge in [-0.2, -0.15) is 0 Å². The maximum atomic E-state index is 6.10. The average molecular weight is 488 g/mol. The summed E-state index contributed by atoms with van der Waals surface area (Å²) < 4.78 is 11.5. The van der Waals surface area contributed by atoms with Crippen LogP contribution in [0.15, 0.2) is 91.0 Å². The zero-order valence-corrected chi connectivity index (χ0v) is 21.2. The molecule has 1 saturated heterocycles. The zero-order valence-electron chi connectivity index (χ0n) is 20.4. The van der Waals surface area contributed by atoms with Gasteiger partial charge in [0, 0.05) is 12.5 Å². The highest BCUT2D eigenvalue weighted by atomic mass is 35.5. The monoisotopic (exact) mass is 487 g/mol. The normalized spacial score (nSPS) is 14.8. The second kappa shape index (κ2) is 12.1. The van der Waals surface area contributed by atoms with Crippen LogP contribution in [0.2, 0.25) is 0 Å². The van der Waals surface area contributed by atoms with Crippen LogP contribution in [-0.2, 0) is 0 Å². The molecule has 0 bridgehead atoms. The molecule has 0 radical (unpaired) electrons. The summed E-state index contributed by atoms with van der Waals surface area (Å²) >= 11 is 0. The van der Waals surface area contributed by atoms with Crippen molar-refractivity contribution in [3.63, 3.8) is 0 Å². The van der Waals surface area contributed by atoms with Crippen molar-refractivity contribution in [1.29, 1.82) is 0 Å². The van der Waals surface area contributed by atoms with Gasteiger partial charge in [-0.15, -0.1) is 12.4 Å². The Bertz CT molecular complexity index is 1200. The zero-order chi connectivity index (χ0) is 23.2. The van der Waals surface area contributed by atoms with Crippen molar-refractivity contribution in [1.82, 2.24) is 4.90 Å². The Morgan fingerprint density at radius 1 is 0.714 bits per heavy atom. The van der Waals surface area contributed by atoms with Gasteiger partial charge in [-0.1, -0.05) is 73.2 Å². The van der Waals surface area contributed by atoms with Crippen LogP contribution in [0.3, 0.4) is 0 Å². The van der Waals surface area contributed by atoms with Gasteiger partial charge in [-0.05, 0) is 77.7 Å². The van der Waals surface area contributed by atoms with E-state index >= 15 is 0 Å². The van der Waals surface area contributed by atoms with Crippen LogP contribution in [0, 0.1) is 0 Å². The van der Waals surface area contributed by atoms with Gasteiger partial charge in [0.05, 0.1) is 7.11 Å². The van der Waals surface area contributed by atoms with E-state index in [0.29, 0.717) is 0 Å². The van der Waals surface area contributed by atoms with Crippen LogP contribution >= 0.6 is 12.4 Å². The summed E-state index contributed by atoms with van der Waals surface area (Å²) in [6.07, 6.45) is 4.00. The van der Waals surface area contributed by atoms with Crippen LogP contribution in [0.25, 0.3) is 10.8 Å². The molecule has 182 valence electrons. The number of piperidine rings is 1. The summed E-state index contributed by atoms with van der Waals surface area (Å²) in [5, 5.41) is 2.55. The highest BCUT2D eigenvalue weighted by Crippen LogP contribution is 2.37. The Hall–Kier alpha value is -3.01. The van der Waals surface area contributed by atoms with E-state index in [1.807, 2.05) is 12.1 Å². The van der Waals surface area contributed by atoms with E-state index in [1.165, 1.54) is 59.8 Å². The van der Waals surface area contributed by atoms with Crippen molar-refractivity contribution >= 4 is 23.2 Å². The first-order valence-corrected chi connectivity index (χ1v) is 12.4. The number of likely N-dealkylation sites (tertiary alicyclic amines) is 1. The summed E-state index contributed by atoms with van der Waals surface area (Å²) in [6, 6.07) is 32.3. The first kappa shape index (κ1) is 25.1. The number of hydrogen-bond acceptors (Lipinski definition) is 3. The van der Waals surface area contributed by atoms with Crippen molar-refractivity contribution in [2.24, 2.45) is 0 Å². The third-order valence-corrected chi connectivity index (χ3v) is 6.92. The largest absolute Gasteiger partial charge is 0.497 e. The van der Waals surface area contributed by atoms with Gasteiger partial charge >= 0.3 is 0 Å². The summed E-state index contributed by atoms with van der Waals surface area (Å²) in [4.78, 5) is 2.51. The van der Waals surface area contributed by atoms with E-state index in [0.717, 1.165) is 24.7 Å². The van der Waals surface area contributed by atoms with E-state index in [4.69, 9.17) is 9.47 Å². The molecule has 1 heterocycles. The summed E-state index contributed by atoms with van der Waals surface area (Å²) in [7, 11) is 1.71. The molecule has 1 fully saturated rings. The Morgan fingerprint density at radius 3 is 2.03 bits per heavy atom. The molecule has 0 aromatic heterocycles. The molecule has 0 N–H and O–H groups in total. The minimum Gasteiger partial charge on any atom is -0.497 e. The lowest BCUT2D eigenvalue weighted by Gasteiger charge is -2.26. The number of ether oxygens (including phenoxy) is 2. The van der Waals surface area contributed by atoms with Gasteiger partial charge in [-0.3, -0.25) is 4.90 Å². The van der Waals surface area contributed by atoms with Gasteiger partial charge in [-0.25, -0.2) is 0 Å². The third kappa shape index (κ3) is 5.98. The Labute approximate surface area is 215 Å². The fourth-order valence-electron chi connectivity index (χ4n) is 5.08. The van der Waals surface area contributed by atoms with Crippen molar-refractivity contribution in [2.75, 3.05) is 33.4 Å². The van der Waals surface area contributed by atoms with Gasteiger partial charge in [0.25, 0.3) is 0 Å². The van der Waals surface area contributed by atoms with Gasteiger partial charge < -0.3 is 9.47 Å². The highest BCUT2D eigenvalue weighted by Gasteiger charge is 2.19. The Balaban J connectivity index is 0.00000289. The van der Waals surface area contributed by atoms with Gasteiger partial charge in [0.2, 0.25) is 0 Å². The summed E-state index contributed by atoms with van der Waals surface area (Å²) in [5.74, 6) is 1.93. The molecule has 1 unspecified atom stereocenters. The molecule has 1 aliphatic heterocycles. The number of rotatable bonds is 8. The van der Waals surface area contributed by atoms with E-state index in [1.54, 1.807) is 7.11 Å². The van der Waals surface area contributed by atoms with Gasteiger partial charge in [0.1, 0.15) is 18.1 Å². The first-order valence-electron chi connectivity index (χ1n) is 12.4. The fraction of sp³-hybridized carbons (Fsp3) is 0.290. The Morgan fingerprint density at radius 2 is 1.34 bits per heavy atom. The average Bonchev–Trinajstić information content (AvgIpc) is 2.91. The number of halogens is 1. The number of methoxy groups -OCH3 is 1. The van der Waals surface area contributed by atoms with Crippen LogP contribution < -0.4 is 9.47 Å². The van der Waals surface area contributed by atoms with Crippen LogP contribution in [0.1, 0.15) is 41.9 Å². The molecule has 0 amide bonds. The fourth-order valence-corrected chi connectivity index (χ4v) is 5.08. The standard InChI is InChI=1S/C31H33NO2.ClH/c1-33-27-16-12-25(13-17-27)31(30-11-7-9-24-8-3-4-10-29(24)30)26-14-18-28(19-15-26)34-23-22-32-20-5-2-6-21-32;/h3-4,7-19,31H,2,5-6,20-23H2,1H3;1H. The van der Waals surface area contributed by atoms with Crippen molar-refractivity contribution in [3.05, 3.63) is 108 Å². The van der Waals surface area contributed by atoms with E-state index in [9.17, 15) is 0 Å². The molecule has 0 saturated carbocycles. The molecule has 4 aromatic carbocycles. The molecule has 5 rings (SSSR count). The molecule has 0 spiro atoms. The minimum atomic E-state index is 0. The van der Waals surface area contributed by atoms with E-state index in [2.05, 4.69) is 83.8 Å². The van der Waals surface area contributed by atoms with Crippen LogP contribution in [-0.4, -0.2) is 38.3 Å². The number of nitrogens with zero attached hydrogens (tertiary/aromatic N) is 1.